The number of ether oxygens (including phenoxy) is 1. The van der Waals surface area contributed by atoms with Crippen molar-refractivity contribution in [1.82, 2.24) is 0 Å². The third kappa shape index (κ3) is 4.03. The molecule has 1 atom stereocenters. The van der Waals surface area contributed by atoms with Crippen LogP contribution in [0, 0.1) is 0 Å². The molecule has 0 aromatic heterocycles. The van der Waals surface area contributed by atoms with Crippen LogP contribution in [0.15, 0.2) is 78.9 Å². The Hall–Kier alpha value is -2.58. The monoisotopic (exact) mass is 318 g/mol. The van der Waals surface area contributed by atoms with E-state index in [-0.39, 0.29) is 0 Å². The summed E-state index contributed by atoms with van der Waals surface area (Å²) in [6, 6.07) is 26.5. The lowest BCUT2D eigenvalue weighted by Crippen LogP contribution is -1.99. The minimum Gasteiger partial charge on any atom is -0.497 e. The SMILES string of the molecule is COc1ccc(C(O)CCc2ccc(-c3ccccc3)cc2)cc1. The van der Waals surface area contributed by atoms with E-state index in [9.17, 15) is 5.11 Å². The van der Waals surface area contributed by atoms with Gasteiger partial charge in [-0.2, -0.15) is 0 Å². The fraction of sp³-hybridized carbons (Fsp3) is 0.182. The highest BCUT2D eigenvalue weighted by atomic mass is 16.5. The number of aliphatic hydroxyl groups is 1. The Morgan fingerprint density at radius 2 is 1.42 bits per heavy atom. The van der Waals surface area contributed by atoms with E-state index in [1.807, 2.05) is 30.3 Å². The highest BCUT2D eigenvalue weighted by Crippen LogP contribution is 2.23. The molecule has 0 aliphatic rings. The van der Waals surface area contributed by atoms with Crippen LogP contribution in [0.4, 0.5) is 0 Å². The van der Waals surface area contributed by atoms with Crippen molar-refractivity contribution in [3.8, 4) is 16.9 Å². The number of rotatable bonds is 6. The van der Waals surface area contributed by atoms with Gasteiger partial charge in [0.25, 0.3) is 0 Å². The summed E-state index contributed by atoms with van der Waals surface area (Å²) in [5.74, 6) is 0.808. The van der Waals surface area contributed by atoms with Gasteiger partial charge < -0.3 is 9.84 Å². The van der Waals surface area contributed by atoms with Gasteiger partial charge >= 0.3 is 0 Å². The van der Waals surface area contributed by atoms with Crippen molar-refractivity contribution in [3.05, 3.63) is 90.0 Å². The van der Waals surface area contributed by atoms with Crippen molar-refractivity contribution in [2.45, 2.75) is 18.9 Å². The number of hydrogen-bond acceptors (Lipinski definition) is 2. The zero-order valence-corrected chi connectivity index (χ0v) is 13.9. The standard InChI is InChI=1S/C22H22O2/c1-24-21-14-12-20(13-15-21)22(23)16-9-17-7-10-19(11-8-17)18-5-3-2-4-6-18/h2-8,10-15,22-23H,9,16H2,1H3. The summed E-state index contributed by atoms with van der Waals surface area (Å²) in [7, 11) is 1.64. The van der Waals surface area contributed by atoms with Gasteiger partial charge in [-0.25, -0.2) is 0 Å². The van der Waals surface area contributed by atoms with Crippen molar-refractivity contribution in [2.24, 2.45) is 0 Å². The Kier molecular flexibility index (Phi) is 5.29. The second kappa shape index (κ2) is 7.80. The van der Waals surface area contributed by atoms with Crippen molar-refractivity contribution in [3.63, 3.8) is 0 Å². The normalized spacial score (nSPS) is 11.9. The first kappa shape index (κ1) is 16.3. The second-order valence-electron chi connectivity index (χ2n) is 5.89. The van der Waals surface area contributed by atoms with E-state index in [0.29, 0.717) is 6.42 Å². The summed E-state index contributed by atoms with van der Waals surface area (Å²) < 4.78 is 5.14. The summed E-state index contributed by atoms with van der Waals surface area (Å²) in [6.45, 7) is 0. The summed E-state index contributed by atoms with van der Waals surface area (Å²) in [6.07, 6.45) is 1.10. The molecule has 0 heterocycles. The van der Waals surface area contributed by atoms with Gasteiger partial charge in [-0.1, -0.05) is 66.7 Å². The smallest absolute Gasteiger partial charge is 0.118 e. The van der Waals surface area contributed by atoms with Crippen molar-refractivity contribution in [2.75, 3.05) is 7.11 Å². The van der Waals surface area contributed by atoms with E-state index in [4.69, 9.17) is 4.74 Å². The molecule has 2 nitrogen and oxygen atoms in total. The van der Waals surface area contributed by atoms with Crippen LogP contribution >= 0.6 is 0 Å². The summed E-state index contributed by atoms with van der Waals surface area (Å²) in [5, 5.41) is 10.3. The molecule has 24 heavy (non-hydrogen) atoms. The second-order valence-corrected chi connectivity index (χ2v) is 5.89. The molecule has 0 saturated heterocycles. The Morgan fingerprint density at radius 3 is 2.04 bits per heavy atom. The zero-order chi connectivity index (χ0) is 16.8. The Morgan fingerprint density at radius 1 is 0.792 bits per heavy atom. The lowest BCUT2D eigenvalue weighted by atomic mass is 9.99. The first-order valence-electron chi connectivity index (χ1n) is 8.22. The molecule has 3 aromatic carbocycles. The average molecular weight is 318 g/mol. The minimum atomic E-state index is -0.454. The molecule has 1 unspecified atom stereocenters. The number of hydrogen-bond donors (Lipinski definition) is 1. The Labute approximate surface area is 143 Å². The molecule has 3 rings (SSSR count). The van der Waals surface area contributed by atoms with Gasteiger partial charge in [0, 0.05) is 0 Å². The van der Waals surface area contributed by atoms with E-state index in [1.165, 1.54) is 16.7 Å². The molecule has 0 saturated carbocycles. The predicted molar refractivity (Wildman–Crippen MR) is 98.2 cm³/mol. The predicted octanol–water partition coefficient (Wildman–Crippen LogP) is 5.03. The molecule has 0 radical (unpaired) electrons. The highest BCUT2D eigenvalue weighted by molar-refractivity contribution is 5.63. The molecule has 0 bridgehead atoms. The van der Waals surface area contributed by atoms with Crippen LogP contribution in [0.5, 0.6) is 5.75 Å². The minimum absolute atomic E-state index is 0.454. The fourth-order valence-electron chi connectivity index (χ4n) is 2.79. The number of methoxy groups -OCH3 is 1. The molecule has 0 fully saturated rings. The maximum absolute atomic E-state index is 10.3. The maximum atomic E-state index is 10.3. The third-order valence-corrected chi connectivity index (χ3v) is 4.27. The van der Waals surface area contributed by atoms with Crippen LogP contribution in [0.3, 0.4) is 0 Å². The number of aliphatic hydroxyl groups excluding tert-OH is 1. The summed E-state index contributed by atoms with van der Waals surface area (Å²) >= 11 is 0. The molecule has 3 aromatic rings. The summed E-state index contributed by atoms with van der Waals surface area (Å²) in [5.41, 5.74) is 4.61. The fourth-order valence-corrected chi connectivity index (χ4v) is 2.79. The van der Waals surface area contributed by atoms with Gasteiger partial charge in [0.15, 0.2) is 0 Å². The molecular formula is C22H22O2. The van der Waals surface area contributed by atoms with E-state index >= 15 is 0 Å². The largest absolute Gasteiger partial charge is 0.497 e. The van der Waals surface area contributed by atoms with Crippen LogP contribution in [-0.4, -0.2) is 12.2 Å². The van der Waals surface area contributed by atoms with Gasteiger partial charge in [0.05, 0.1) is 13.2 Å². The van der Waals surface area contributed by atoms with E-state index in [2.05, 4.69) is 48.5 Å². The molecular weight excluding hydrogens is 296 g/mol. The topological polar surface area (TPSA) is 29.5 Å². The van der Waals surface area contributed by atoms with Crippen LogP contribution in [0.2, 0.25) is 0 Å². The quantitative estimate of drug-likeness (QED) is 0.691. The van der Waals surface area contributed by atoms with Gasteiger partial charge in [0.1, 0.15) is 5.75 Å². The molecule has 0 aliphatic heterocycles. The van der Waals surface area contributed by atoms with E-state index < -0.39 is 6.10 Å². The first-order chi connectivity index (χ1) is 11.8. The molecule has 2 heteroatoms. The number of benzene rings is 3. The molecule has 0 aliphatic carbocycles. The molecule has 0 amide bonds. The van der Waals surface area contributed by atoms with Crippen LogP contribution in [0.25, 0.3) is 11.1 Å². The van der Waals surface area contributed by atoms with Gasteiger partial charge in [-0.15, -0.1) is 0 Å². The van der Waals surface area contributed by atoms with E-state index in [0.717, 1.165) is 17.7 Å². The molecule has 1 N–H and O–H groups in total. The Balaban J connectivity index is 1.60. The van der Waals surface area contributed by atoms with Crippen molar-refractivity contribution >= 4 is 0 Å². The Bertz CT molecular complexity index is 746. The van der Waals surface area contributed by atoms with Gasteiger partial charge in [0.2, 0.25) is 0 Å². The lowest BCUT2D eigenvalue weighted by molar-refractivity contribution is 0.168. The van der Waals surface area contributed by atoms with Crippen LogP contribution in [-0.2, 0) is 6.42 Å². The zero-order valence-electron chi connectivity index (χ0n) is 13.9. The van der Waals surface area contributed by atoms with Crippen LogP contribution in [0.1, 0.15) is 23.7 Å². The van der Waals surface area contributed by atoms with Crippen LogP contribution < -0.4 is 4.74 Å². The highest BCUT2D eigenvalue weighted by Gasteiger charge is 2.08. The number of aryl methyl sites for hydroxylation is 1. The van der Waals surface area contributed by atoms with Gasteiger partial charge in [-0.05, 0) is 47.2 Å². The summed E-state index contributed by atoms with van der Waals surface area (Å²) in [4.78, 5) is 0. The maximum Gasteiger partial charge on any atom is 0.118 e. The first-order valence-corrected chi connectivity index (χ1v) is 8.22. The third-order valence-electron chi connectivity index (χ3n) is 4.27. The average Bonchev–Trinajstić information content (AvgIpc) is 2.67. The lowest BCUT2D eigenvalue weighted by Gasteiger charge is -2.12. The van der Waals surface area contributed by atoms with Crippen molar-refractivity contribution in [1.29, 1.82) is 0 Å². The van der Waals surface area contributed by atoms with E-state index in [1.54, 1.807) is 7.11 Å². The molecule has 0 spiro atoms. The van der Waals surface area contributed by atoms with Gasteiger partial charge in [-0.3, -0.25) is 0 Å². The molecule has 122 valence electrons. The van der Waals surface area contributed by atoms with Crippen molar-refractivity contribution < 1.29 is 9.84 Å².